The van der Waals surface area contributed by atoms with E-state index in [1.54, 1.807) is 59.9 Å². The average molecular weight is 457 g/mol. The summed E-state index contributed by atoms with van der Waals surface area (Å²) in [4.78, 5) is 27.1. The first-order chi connectivity index (χ1) is 15.5. The molecule has 1 heterocycles. The molecule has 6 heteroatoms. The SMILES string of the molecule is O=C(O)c1cccc(-c2ccc3c(c2)Sc2ccc(-c4cccc(C(=O)O)c4)cc2S3)c1. The van der Waals surface area contributed by atoms with E-state index in [1.165, 1.54) is 0 Å². The van der Waals surface area contributed by atoms with E-state index in [0.29, 0.717) is 0 Å². The highest BCUT2D eigenvalue weighted by Gasteiger charge is 2.19. The number of benzene rings is 4. The maximum Gasteiger partial charge on any atom is 0.335 e. The monoisotopic (exact) mass is 456 g/mol. The summed E-state index contributed by atoms with van der Waals surface area (Å²) in [5.74, 6) is -1.87. The van der Waals surface area contributed by atoms with E-state index in [-0.39, 0.29) is 11.1 Å². The lowest BCUT2D eigenvalue weighted by molar-refractivity contribution is 0.0686. The molecule has 0 aliphatic carbocycles. The topological polar surface area (TPSA) is 74.6 Å². The van der Waals surface area contributed by atoms with Gasteiger partial charge in [0.25, 0.3) is 0 Å². The average Bonchev–Trinajstić information content (AvgIpc) is 2.82. The Kier molecular flexibility index (Phi) is 5.25. The summed E-state index contributed by atoms with van der Waals surface area (Å²) >= 11 is 3.37. The molecule has 4 aromatic carbocycles. The van der Waals surface area contributed by atoms with E-state index in [4.69, 9.17) is 0 Å². The van der Waals surface area contributed by atoms with E-state index in [0.717, 1.165) is 41.8 Å². The van der Waals surface area contributed by atoms with Crippen molar-refractivity contribution in [1.29, 1.82) is 0 Å². The molecule has 1 aliphatic heterocycles. The summed E-state index contributed by atoms with van der Waals surface area (Å²) in [7, 11) is 0. The Morgan fingerprint density at radius 3 is 1.31 bits per heavy atom. The van der Waals surface area contributed by atoms with Crippen molar-refractivity contribution in [2.45, 2.75) is 19.6 Å². The Morgan fingerprint density at radius 2 is 0.906 bits per heavy atom. The van der Waals surface area contributed by atoms with Gasteiger partial charge in [0.05, 0.1) is 11.1 Å². The van der Waals surface area contributed by atoms with Crippen LogP contribution in [-0.4, -0.2) is 22.2 Å². The molecule has 0 saturated heterocycles. The lowest BCUT2D eigenvalue weighted by atomic mass is 10.0. The van der Waals surface area contributed by atoms with Gasteiger partial charge in [-0.25, -0.2) is 9.59 Å². The largest absolute Gasteiger partial charge is 0.478 e. The first-order valence-corrected chi connectivity index (χ1v) is 11.4. The fourth-order valence-electron chi connectivity index (χ4n) is 3.60. The van der Waals surface area contributed by atoms with Crippen LogP contribution in [0.4, 0.5) is 0 Å². The summed E-state index contributed by atoms with van der Waals surface area (Å²) in [5.41, 5.74) is 4.24. The Bertz CT molecular complexity index is 1290. The van der Waals surface area contributed by atoms with Gasteiger partial charge in [-0.3, -0.25) is 0 Å². The van der Waals surface area contributed by atoms with Gasteiger partial charge in [-0.15, -0.1) is 0 Å². The van der Waals surface area contributed by atoms with Gasteiger partial charge >= 0.3 is 11.9 Å². The standard InChI is InChI=1S/C26H16O4S2/c27-25(28)19-5-1-3-15(11-19)17-7-9-21-23(13-17)31-22-10-8-18(14-24(22)32-21)16-4-2-6-20(12-16)26(29)30/h1-14H,(H,27,28)(H,29,30). The summed E-state index contributed by atoms with van der Waals surface area (Å²) in [5, 5.41) is 18.5. The van der Waals surface area contributed by atoms with Crippen LogP contribution in [-0.2, 0) is 0 Å². The van der Waals surface area contributed by atoms with E-state index in [9.17, 15) is 19.8 Å². The van der Waals surface area contributed by atoms with Crippen molar-refractivity contribution in [2.75, 3.05) is 0 Å². The molecule has 1 aliphatic rings. The molecular weight excluding hydrogens is 440 g/mol. The number of carbonyl (C=O) groups is 2. The normalized spacial score (nSPS) is 12.0. The molecule has 0 unspecified atom stereocenters. The second-order valence-corrected chi connectivity index (χ2v) is 9.47. The number of aromatic carboxylic acids is 2. The Hall–Kier alpha value is -3.48. The highest BCUT2D eigenvalue weighted by molar-refractivity contribution is 8.05. The zero-order valence-corrected chi connectivity index (χ0v) is 18.2. The molecule has 0 atom stereocenters. The van der Waals surface area contributed by atoms with Crippen molar-refractivity contribution in [1.82, 2.24) is 0 Å². The predicted octanol–water partition coefficient (Wildman–Crippen LogP) is 7.03. The van der Waals surface area contributed by atoms with E-state index < -0.39 is 11.9 Å². The van der Waals surface area contributed by atoms with Crippen molar-refractivity contribution in [3.05, 3.63) is 96.1 Å². The Labute approximate surface area is 192 Å². The van der Waals surface area contributed by atoms with Gasteiger partial charge in [0, 0.05) is 19.6 Å². The van der Waals surface area contributed by atoms with Gasteiger partial charge in [-0.2, -0.15) is 0 Å². The second kappa shape index (κ2) is 8.22. The van der Waals surface area contributed by atoms with Crippen LogP contribution in [0.1, 0.15) is 20.7 Å². The molecule has 0 aromatic heterocycles. The van der Waals surface area contributed by atoms with E-state index in [1.807, 2.05) is 24.3 Å². The zero-order valence-electron chi connectivity index (χ0n) is 16.6. The summed E-state index contributed by atoms with van der Waals surface area (Å²) in [6, 6.07) is 26.3. The van der Waals surface area contributed by atoms with E-state index >= 15 is 0 Å². The number of carboxylic acids is 2. The van der Waals surface area contributed by atoms with Crippen LogP contribution < -0.4 is 0 Å². The minimum Gasteiger partial charge on any atom is -0.478 e. The molecule has 5 rings (SSSR count). The minimum atomic E-state index is -0.937. The van der Waals surface area contributed by atoms with Crippen molar-refractivity contribution in [3.63, 3.8) is 0 Å². The Morgan fingerprint density at radius 1 is 0.500 bits per heavy atom. The maximum atomic E-state index is 11.3. The third-order valence-electron chi connectivity index (χ3n) is 5.21. The Balaban J connectivity index is 1.46. The lowest BCUT2D eigenvalue weighted by Gasteiger charge is -2.20. The molecule has 4 aromatic rings. The van der Waals surface area contributed by atoms with Crippen LogP contribution in [0, 0.1) is 0 Å². The molecule has 0 spiro atoms. The molecule has 4 nitrogen and oxygen atoms in total. The third-order valence-corrected chi connectivity index (χ3v) is 7.74. The van der Waals surface area contributed by atoms with Crippen molar-refractivity contribution >= 4 is 35.5 Å². The maximum absolute atomic E-state index is 11.3. The molecule has 0 radical (unpaired) electrons. The van der Waals surface area contributed by atoms with E-state index in [2.05, 4.69) is 24.3 Å². The molecular formula is C26H16O4S2. The number of rotatable bonds is 4. The molecule has 0 saturated carbocycles. The minimum absolute atomic E-state index is 0.270. The quantitative estimate of drug-likeness (QED) is 0.302. The van der Waals surface area contributed by atoms with Crippen LogP contribution in [0.15, 0.2) is 105 Å². The number of fused-ring (bicyclic) bond motifs is 2. The van der Waals surface area contributed by atoms with Crippen molar-refractivity contribution in [2.24, 2.45) is 0 Å². The van der Waals surface area contributed by atoms with Gasteiger partial charge in [0.1, 0.15) is 0 Å². The summed E-state index contributed by atoms with van der Waals surface area (Å²) in [6.07, 6.45) is 0. The number of carboxylic acid groups (broad SMARTS) is 2. The van der Waals surface area contributed by atoms with Gasteiger partial charge in [-0.1, -0.05) is 59.9 Å². The van der Waals surface area contributed by atoms with Crippen molar-refractivity contribution < 1.29 is 19.8 Å². The first kappa shape index (κ1) is 20.4. The van der Waals surface area contributed by atoms with Gasteiger partial charge in [0.15, 0.2) is 0 Å². The number of hydrogen-bond donors (Lipinski definition) is 2. The predicted molar refractivity (Wildman–Crippen MR) is 126 cm³/mol. The summed E-state index contributed by atoms with van der Waals surface area (Å²) in [6.45, 7) is 0. The highest BCUT2D eigenvalue weighted by Crippen LogP contribution is 2.50. The molecule has 32 heavy (non-hydrogen) atoms. The molecule has 156 valence electrons. The fourth-order valence-corrected chi connectivity index (χ4v) is 5.88. The van der Waals surface area contributed by atoms with Crippen LogP contribution in [0.5, 0.6) is 0 Å². The van der Waals surface area contributed by atoms with Gasteiger partial charge in [-0.05, 0) is 70.8 Å². The first-order valence-electron chi connectivity index (χ1n) is 9.79. The smallest absolute Gasteiger partial charge is 0.335 e. The number of hydrogen-bond acceptors (Lipinski definition) is 4. The molecule has 0 bridgehead atoms. The molecule has 0 amide bonds. The van der Waals surface area contributed by atoms with Crippen LogP contribution in [0.2, 0.25) is 0 Å². The summed E-state index contributed by atoms with van der Waals surface area (Å²) < 4.78 is 0. The third kappa shape index (κ3) is 3.90. The van der Waals surface area contributed by atoms with Crippen LogP contribution in [0.25, 0.3) is 22.3 Å². The highest BCUT2D eigenvalue weighted by atomic mass is 32.2. The van der Waals surface area contributed by atoms with Gasteiger partial charge < -0.3 is 10.2 Å². The second-order valence-electron chi connectivity index (χ2n) is 7.30. The lowest BCUT2D eigenvalue weighted by Crippen LogP contribution is -1.96. The zero-order chi connectivity index (χ0) is 22.2. The molecule has 0 fully saturated rings. The molecule has 2 N–H and O–H groups in total. The van der Waals surface area contributed by atoms with Crippen LogP contribution in [0.3, 0.4) is 0 Å². The van der Waals surface area contributed by atoms with Gasteiger partial charge in [0.2, 0.25) is 0 Å². The van der Waals surface area contributed by atoms with Crippen LogP contribution >= 0.6 is 23.5 Å². The fraction of sp³-hybridized carbons (Fsp3) is 0. The van der Waals surface area contributed by atoms with Crippen molar-refractivity contribution in [3.8, 4) is 22.3 Å².